The SMILES string of the molecule is COc1ccc2c(c1)CCCC2CC(=O)NC(CO)c1ccccc1. The number of hydrogen-bond acceptors (Lipinski definition) is 3. The molecule has 2 atom stereocenters. The van der Waals surface area contributed by atoms with Crippen LogP contribution in [0.4, 0.5) is 0 Å². The zero-order valence-electron chi connectivity index (χ0n) is 14.6. The van der Waals surface area contributed by atoms with Crippen molar-refractivity contribution in [3.63, 3.8) is 0 Å². The van der Waals surface area contributed by atoms with Gasteiger partial charge in [-0.15, -0.1) is 0 Å². The fraction of sp³-hybridized carbons (Fsp3) is 0.381. The van der Waals surface area contributed by atoms with Gasteiger partial charge >= 0.3 is 0 Å². The maximum Gasteiger partial charge on any atom is 0.221 e. The molecule has 0 aromatic heterocycles. The second-order valence-corrected chi connectivity index (χ2v) is 6.57. The zero-order valence-corrected chi connectivity index (χ0v) is 14.6. The molecule has 2 unspecified atom stereocenters. The molecule has 3 rings (SSSR count). The second-order valence-electron chi connectivity index (χ2n) is 6.57. The molecule has 4 nitrogen and oxygen atoms in total. The molecule has 132 valence electrons. The van der Waals surface area contributed by atoms with Gasteiger partial charge in [0.15, 0.2) is 0 Å². The lowest BCUT2D eigenvalue weighted by atomic mass is 9.81. The Morgan fingerprint density at radius 3 is 2.80 bits per heavy atom. The van der Waals surface area contributed by atoms with Crippen LogP contribution in [0.3, 0.4) is 0 Å². The summed E-state index contributed by atoms with van der Waals surface area (Å²) in [5.41, 5.74) is 3.46. The predicted octanol–water partition coefficient (Wildman–Crippen LogP) is 3.36. The molecular weight excluding hydrogens is 314 g/mol. The van der Waals surface area contributed by atoms with Gasteiger partial charge in [0.1, 0.15) is 5.75 Å². The molecule has 1 aliphatic rings. The highest BCUT2D eigenvalue weighted by Crippen LogP contribution is 2.35. The van der Waals surface area contributed by atoms with E-state index in [1.54, 1.807) is 7.11 Å². The molecule has 0 bridgehead atoms. The minimum absolute atomic E-state index is 0.0171. The molecule has 2 aromatic rings. The molecule has 25 heavy (non-hydrogen) atoms. The molecule has 4 heteroatoms. The first-order valence-electron chi connectivity index (χ1n) is 8.83. The van der Waals surface area contributed by atoms with Gasteiger partial charge in [0.25, 0.3) is 0 Å². The van der Waals surface area contributed by atoms with Crippen molar-refractivity contribution in [1.82, 2.24) is 5.32 Å². The quantitative estimate of drug-likeness (QED) is 0.848. The van der Waals surface area contributed by atoms with Crippen molar-refractivity contribution in [1.29, 1.82) is 0 Å². The van der Waals surface area contributed by atoms with Crippen LogP contribution in [-0.2, 0) is 11.2 Å². The Labute approximate surface area is 148 Å². The number of hydrogen-bond donors (Lipinski definition) is 2. The first-order valence-corrected chi connectivity index (χ1v) is 8.83. The average molecular weight is 339 g/mol. The van der Waals surface area contributed by atoms with Crippen molar-refractivity contribution in [2.45, 2.75) is 37.6 Å². The van der Waals surface area contributed by atoms with Gasteiger partial charge in [-0.1, -0.05) is 36.4 Å². The average Bonchev–Trinajstić information content (AvgIpc) is 2.66. The number of fused-ring (bicyclic) bond motifs is 1. The number of ether oxygens (including phenoxy) is 1. The minimum atomic E-state index is -0.354. The fourth-order valence-corrected chi connectivity index (χ4v) is 3.63. The third kappa shape index (κ3) is 4.20. The lowest BCUT2D eigenvalue weighted by Gasteiger charge is -2.26. The summed E-state index contributed by atoms with van der Waals surface area (Å²) >= 11 is 0. The van der Waals surface area contributed by atoms with Crippen molar-refractivity contribution in [3.05, 3.63) is 65.2 Å². The Morgan fingerprint density at radius 2 is 2.08 bits per heavy atom. The number of methoxy groups -OCH3 is 1. The number of amides is 1. The van der Waals surface area contributed by atoms with Gasteiger partial charge in [0, 0.05) is 6.42 Å². The summed E-state index contributed by atoms with van der Waals surface area (Å²) in [5, 5.41) is 12.6. The molecule has 0 heterocycles. The summed E-state index contributed by atoms with van der Waals surface area (Å²) in [6.07, 6.45) is 3.58. The van der Waals surface area contributed by atoms with Crippen molar-refractivity contribution >= 4 is 5.91 Å². The summed E-state index contributed by atoms with van der Waals surface area (Å²) in [5.74, 6) is 1.08. The van der Waals surface area contributed by atoms with Crippen LogP contribution < -0.4 is 10.1 Å². The maximum absolute atomic E-state index is 12.5. The van der Waals surface area contributed by atoms with E-state index in [1.807, 2.05) is 36.4 Å². The summed E-state index contributed by atoms with van der Waals surface area (Å²) < 4.78 is 5.31. The number of rotatable bonds is 6. The topological polar surface area (TPSA) is 58.6 Å². The number of aliphatic hydroxyl groups is 1. The monoisotopic (exact) mass is 339 g/mol. The van der Waals surface area contributed by atoms with Crippen LogP contribution in [0.25, 0.3) is 0 Å². The van der Waals surface area contributed by atoms with E-state index in [2.05, 4.69) is 17.4 Å². The number of aryl methyl sites for hydroxylation is 1. The Balaban J connectivity index is 1.68. The summed E-state index contributed by atoms with van der Waals surface area (Å²) in [6, 6.07) is 15.4. The number of carbonyl (C=O) groups excluding carboxylic acids is 1. The van der Waals surface area contributed by atoms with Crippen LogP contribution in [0.15, 0.2) is 48.5 Å². The van der Waals surface area contributed by atoms with Gasteiger partial charge in [-0.25, -0.2) is 0 Å². The molecule has 2 aromatic carbocycles. The number of aliphatic hydroxyl groups excluding tert-OH is 1. The molecule has 0 saturated heterocycles. The standard InChI is InChI=1S/C21H25NO3/c1-25-18-10-11-19-16(12-18)8-5-9-17(19)13-21(24)22-20(14-23)15-6-3-2-4-7-15/h2-4,6-7,10-12,17,20,23H,5,8-9,13-14H2,1H3,(H,22,24). The van der Waals surface area contributed by atoms with E-state index in [1.165, 1.54) is 11.1 Å². The molecule has 1 aliphatic carbocycles. The van der Waals surface area contributed by atoms with Gasteiger partial charge in [-0.3, -0.25) is 4.79 Å². The van der Waals surface area contributed by atoms with Crippen molar-refractivity contribution in [2.75, 3.05) is 13.7 Å². The lowest BCUT2D eigenvalue weighted by molar-refractivity contribution is -0.122. The number of benzene rings is 2. The third-order valence-corrected chi connectivity index (χ3v) is 4.94. The maximum atomic E-state index is 12.5. The highest BCUT2D eigenvalue weighted by Gasteiger charge is 2.24. The third-order valence-electron chi connectivity index (χ3n) is 4.94. The minimum Gasteiger partial charge on any atom is -0.497 e. The van der Waals surface area contributed by atoms with E-state index >= 15 is 0 Å². The van der Waals surface area contributed by atoms with Crippen LogP contribution >= 0.6 is 0 Å². The zero-order chi connectivity index (χ0) is 17.6. The summed E-state index contributed by atoms with van der Waals surface area (Å²) in [4.78, 5) is 12.5. The van der Waals surface area contributed by atoms with E-state index in [-0.39, 0.29) is 24.5 Å². The molecule has 0 fully saturated rings. The van der Waals surface area contributed by atoms with Crippen LogP contribution in [0.2, 0.25) is 0 Å². The first-order chi connectivity index (χ1) is 12.2. The molecule has 1 amide bonds. The van der Waals surface area contributed by atoms with Crippen LogP contribution in [-0.4, -0.2) is 24.7 Å². The Kier molecular flexibility index (Phi) is 5.71. The smallest absolute Gasteiger partial charge is 0.221 e. The highest BCUT2D eigenvalue weighted by atomic mass is 16.5. The summed E-state index contributed by atoms with van der Waals surface area (Å²) in [6.45, 7) is -0.103. The van der Waals surface area contributed by atoms with Crippen molar-refractivity contribution in [2.24, 2.45) is 0 Å². The fourth-order valence-electron chi connectivity index (χ4n) is 3.63. The number of carbonyl (C=O) groups is 1. The molecular formula is C21H25NO3. The van der Waals surface area contributed by atoms with E-state index in [9.17, 15) is 9.90 Å². The van der Waals surface area contributed by atoms with Gasteiger partial charge in [-0.05, 0) is 54.0 Å². The molecule has 0 spiro atoms. The van der Waals surface area contributed by atoms with Gasteiger partial charge in [-0.2, -0.15) is 0 Å². The van der Waals surface area contributed by atoms with Crippen LogP contribution in [0.1, 0.15) is 47.9 Å². The molecule has 0 aliphatic heterocycles. The largest absolute Gasteiger partial charge is 0.497 e. The Morgan fingerprint density at radius 1 is 1.28 bits per heavy atom. The van der Waals surface area contributed by atoms with Gasteiger partial charge in [0.05, 0.1) is 19.8 Å². The van der Waals surface area contributed by atoms with Crippen LogP contribution in [0, 0.1) is 0 Å². The second kappa shape index (κ2) is 8.17. The summed E-state index contributed by atoms with van der Waals surface area (Å²) in [7, 11) is 1.67. The van der Waals surface area contributed by atoms with E-state index < -0.39 is 0 Å². The predicted molar refractivity (Wildman–Crippen MR) is 97.7 cm³/mol. The van der Waals surface area contributed by atoms with Gasteiger partial charge < -0.3 is 15.2 Å². The Bertz CT molecular complexity index is 714. The van der Waals surface area contributed by atoms with Crippen molar-refractivity contribution < 1.29 is 14.6 Å². The lowest BCUT2D eigenvalue weighted by Crippen LogP contribution is -2.32. The number of nitrogens with one attached hydrogen (secondary N) is 1. The van der Waals surface area contributed by atoms with Crippen molar-refractivity contribution in [3.8, 4) is 5.75 Å². The highest BCUT2D eigenvalue weighted by molar-refractivity contribution is 5.77. The molecule has 0 saturated carbocycles. The van der Waals surface area contributed by atoms with Gasteiger partial charge in [0.2, 0.25) is 5.91 Å². The Hall–Kier alpha value is -2.33. The van der Waals surface area contributed by atoms with Crippen LogP contribution in [0.5, 0.6) is 5.75 Å². The van der Waals surface area contributed by atoms with E-state index in [0.717, 1.165) is 30.6 Å². The van der Waals surface area contributed by atoms with E-state index in [0.29, 0.717) is 6.42 Å². The normalized spacial score (nSPS) is 17.4. The first kappa shape index (κ1) is 17.5. The molecule has 2 N–H and O–H groups in total. The van der Waals surface area contributed by atoms with E-state index in [4.69, 9.17) is 4.74 Å². The molecule has 0 radical (unpaired) electrons.